The van der Waals surface area contributed by atoms with Crippen LogP contribution in [-0.2, 0) is 4.74 Å². The third-order valence-electron chi connectivity index (χ3n) is 3.39. The molecule has 0 N–H and O–H groups in total. The fraction of sp³-hybridized carbons (Fsp3) is 0.600. The molecule has 1 aromatic carbocycles. The molecule has 0 bridgehead atoms. The van der Waals surface area contributed by atoms with Gasteiger partial charge in [-0.25, -0.2) is 0 Å². The first-order valence-corrected chi connectivity index (χ1v) is 7.01. The lowest BCUT2D eigenvalue weighted by Crippen LogP contribution is -2.45. The van der Waals surface area contributed by atoms with Crippen LogP contribution >= 0.6 is 0 Å². The van der Waals surface area contributed by atoms with Crippen molar-refractivity contribution in [2.75, 3.05) is 59.6 Å². The average Bonchev–Trinajstić information content (AvgIpc) is 2.46. The van der Waals surface area contributed by atoms with Crippen molar-refractivity contribution < 1.29 is 9.47 Å². The van der Waals surface area contributed by atoms with E-state index in [1.807, 2.05) is 30.3 Å². The van der Waals surface area contributed by atoms with Gasteiger partial charge in [-0.1, -0.05) is 18.2 Å². The molecule has 1 heterocycles. The molecule has 0 aromatic heterocycles. The summed E-state index contributed by atoms with van der Waals surface area (Å²) in [4.78, 5) is 4.82. The fourth-order valence-corrected chi connectivity index (χ4v) is 2.10. The zero-order valence-electron chi connectivity index (χ0n) is 11.8. The highest BCUT2D eigenvalue weighted by molar-refractivity contribution is 5.20. The summed E-state index contributed by atoms with van der Waals surface area (Å²) in [5.74, 6) is 0.908. The molecule has 1 aliphatic rings. The number of ether oxygens (including phenoxy) is 2. The highest BCUT2D eigenvalue weighted by atomic mass is 16.5. The van der Waals surface area contributed by atoms with Gasteiger partial charge in [-0.15, -0.1) is 0 Å². The topological polar surface area (TPSA) is 24.9 Å². The highest BCUT2D eigenvalue weighted by Gasteiger charge is 2.12. The molecule has 0 radical (unpaired) electrons. The van der Waals surface area contributed by atoms with E-state index >= 15 is 0 Å². The van der Waals surface area contributed by atoms with Gasteiger partial charge in [0.1, 0.15) is 12.4 Å². The smallest absolute Gasteiger partial charge is 0.119 e. The van der Waals surface area contributed by atoms with E-state index in [4.69, 9.17) is 9.47 Å². The minimum Gasteiger partial charge on any atom is -0.491 e. The molecule has 0 saturated carbocycles. The second-order valence-electron chi connectivity index (χ2n) is 4.92. The lowest BCUT2D eigenvalue weighted by Gasteiger charge is -2.32. The Morgan fingerprint density at radius 2 is 1.68 bits per heavy atom. The maximum atomic E-state index is 5.60. The van der Waals surface area contributed by atoms with Gasteiger partial charge in [0.25, 0.3) is 0 Å². The van der Waals surface area contributed by atoms with Gasteiger partial charge in [0.15, 0.2) is 0 Å². The van der Waals surface area contributed by atoms with Crippen LogP contribution in [0, 0.1) is 0 Å². The summed E-state index contributed by atoms with van der Waals surface area (Å²) in [5, 5.41) is 0. The van der Waals surface area contributed by atoms with E-state index in [0.29, 0.717) is 13.2 Å². The van der Waals surface area contributed by atoms with E-state index in [9.17, 15) is 0 Å². The third-order valence-corrected chi connectivity index (χ3v) is 3.39. The summed E-state index contributed by atoms with van der Waals surface area (Å²) in [6.45, 7) is 7.73. The van der Waals surface area contributed by atoms with E-state index in [1.54, 1.807) is 0 Å². The van der Waals surface area contributed by atoms with Crippen molar-refractivity contribution in [3.63, 3.8) is 0 Å². The molecule has 19 heavy (non-hydrogen) atoms. The number of nitrogens with zero attached hydrogens (tertiary/aromatic N) is 2. The molecule has 0 amide bonds. The molecular weight excluding hydrogens is 240 g/mol. The fourth-order valence-electron chi connectivity index (χ4n) is 2.10. The summed E-state index contributed by atoms with van der Waals surface area (Å²) < 4.78 is 11.2. The third kappa shape index (κ3) is 5.59. The Bertz CT molecular complexity index is 337. The molecule has 2 rings (SSSR count). The molecule has 0 aliphatic carbocycles. The Morgan fingerprint density at radius 1 is 0.947 bits per heavy atom. The van der Waals surface area contributed by atoms with Gasteiger partial charge < -0.3 is 14.4 Å². The van der Waals surface area contributed by atoms with Crippen molar-refractivity contribution in [1.29, 1.82) is 0 Å². The molecule has 0 atom stereocenters. The highest BCUT2D eigenvalue weighted by Crippen LogP contribution is 2.07. The van der Waals surface area contributed by atoms with Gasteiger partial charge in [0.2, 0.25) is 0 Å². The van der Waals surface area contributed by atoms with Crippen LogP contribution in [-0.4, -0.2) is 69.4 Å². The monoisotopic (exact) mass is 264 g/mol. The van der Waals surface area contributed by atoms with Crippen LogP contribution in [0.5, 0.6) is 5.75 Å². The van der Waals surface area contributed by atoms with Crippen LogP contribution in [0.25, 0.3) is 0 Å². The van der Waals surface area contributed by atoms with Crippen LogP contribution < -0.4 is 4.74 Å². The van der Waals surface area contributed by atoms with E-state index in [1.165, 1.54) is 0 Å². The average molecular weight is 264 g/mol. The van der Waals surface area contributed by atoms with E-state index < -0.39 is 0 Å². The molecule has 0 spiro atoms. The lowest BCUT2D eigenvalue weighted by atomic mass is 10.3. The molecule has 1 aliphatic heterocycles. The molecular formula is C15H24N2O2. The molecule has 1 saturated heterocycles. The lowest BCUT2D eigenvalue weighted by molar-refractivity contribution is 0.0658. The van der Waals surface area contributed by atoms with Gasteiger partial charge in [0, 0.05) is 32.7 Å². The summed E-state index contributed by atoms with van der Waals surface area (Å²) in [6.07, 6.45) is 0. The van der Waals surface area contributed by atoms with Crippen molar-refractivity contribution in [2.45, 2.75) is 0 Å². The Kier molecular flexibility index (Phi) is 6.14. The minimum absolute atomic E-state index is 0.618. The molecule has 4 nitrogen and oxygen atoms in total. The number of hydrogen-bond acceptors (Lipinski definition) is 4. The second-order valence-corrected chi connectivity index (χ2v) is 4.92. The molecule has 106 valence electrons. The zero-order chi connectivity index (χ0) is 13.3. The summed E-state index contributed by atoms with van der Waals surface area (Å²) >= 11 is 0. The largest absolute Gasteiger partial charge is 0.491 e. The van der Waals surface area contributed by atoms with Gasteiger partial charge in [-0.3, -0.25) is 4.90 Å². The van der Waals surface area contributed by atoms with Crippen LogP contribution in [0.3, 0.4) is 0 Å². The number of piperazine rings is 1. The number of para-hydroxylation sites is 1. The van der Waals surface area contributed by atoms with E-state index in [0.717, 1.165) is 45.1 Å². The van der Waals surface area contributed by atoms with Crippen molar-refractivity contribution in [3.05, 3.63) is 30.3 Å². The van der Waals surface area contributed by atoms with Crippen molar-refractivity contribution >= 4 is 0 Å². The molecule has 4 heteroatoms. The summed E-state index contributed by atoms with van der Waals surface area (Å²) in [6, 6.07) is 9.86. The number of rotatable bonds is 7. The predicted molar refractivity (Wildman–Crippen MR) is 76.7 cm³/mol. The normalized spacial score (nSPS) is 17.5. The SMILES string of the molecule is CN1CCN(CCOCCOc2ccccc2)CC1. The number of benzene rings is 1. The molecule has 1 aromatic rings. The first kappa shape index (κ1) is 14.3. The van der Waals surface area contributed by atoms with E-state index in [2.05, 4.69) is 16.8 Å². The van der Waals surface area contributed by atoms with Gasteiger partial charge >= 0.3 is 0 Å². The first-order chi connectivity index (χ1) is 9.34. The maximum absolute atomic E-state index is 5.60. The van der Waals surface area contributed by atoms with Crippen molar-refractivity contribution in [3.8, 4) is 5.75 Å². The van der Waals surface area contributed by atoms with Crippen molar-refractivity contribution in [1.82, 2.24) is 9.80 Å². The first-order valence-electron chi connectivity index (χ1n) is 7.01. The molecule has 0 unspecified atom stereocenters. The minimum atomic E-state index is 0.618. The Balaban J connectivity index is 1.46. The Hall–Kier alpha value is -1.10. The molecule has 1 fully saturated rings. The Morgan fingerprint density at radius 3 is 2.42 bits per heavy atom. The van der Waals surface area contributed by atoms with Crippen LogP contribution in [0.2, 0.25) is 0 Å². The maximum Gasteiger partial charge on any atom is 0.119 e. The summed E-state index contributed by atoms with van der Waals surface area (Å²) in [7, 11) is 2.18. The van der Waals surface area contributed by atoms with Crippen molar-refractivity contribution in [2.24, 2.45) is 0 Å². The Labute approximate surface area is 115 Å². The van der Waals surface area contributed by atoms with Gasteiger partial charge in [-0.2, -0.15) is 0 Å². The van der Waals surface area contributed by atoms with Gasteiger partial charge in [0.05, 0.1) is 13.2 Å². The number of hydrogen-bond donors (Lipinski definition) is 0. The second kappa shape index (κ2) is 8.15. The van der Waals surface area contributed by atoms with Crippen LogP contribution in [0.1, 0.15) is 0 Å². The predicted octanol–water partition coefficient (Wildman–Crippen LogP) is 1.33. The van der Waals surface area contributed by atoms with Gasteiger partial charge in [-0.05, 0) is 19.2 Å². The standard InChI is InChI=1S/C15H24N2O2/c1-16-7-9-17(10-8-16)11-12-18-13-14-19-15-5-3-2-4-6-15/h2-6H,7-14H2,1H3. The van der Waals surface area contributed by atoms with E-state index in [-0.39, 0.29) is 0 Å². The quantitative estimate of drug-likeness (QED) is 0.694. The van der Waals surface area contributed by atoms with Crippen LogP contribution in [0.4, 0.5) is 0 Å². The number of likely N-dealkylation sites (N-methyl/N-ethyl adjacent to an activating group) is 1. The zero-order valence-corrected chi connectivity index (χ0v) is 11.8. The summed E-state index contributed by atoms with van der Waals surface area (Å²) in [5.41, 5.74) is 0. The van der Waals surface area contributed by atoms with Crippen LogP contribution in [0.15, 0.2) is 30.3 Å².